The fraction of sp³-hybridized carbons (Fsp3) is 0.800. The molecule has 1 fully saturated rings. The van der Waals surface area contributed by atoms with E-state index in [4.69, 9.17) is 0 Å². The van der Waals surface area contributed by atoms with Gasteiger partial charge in [-0.25, -0.2) is 0 Å². The first-order chi connectivity index (χ1) is 6.63. The topological polar surface area (TPSA) is 49.4 Å². The van der Waals surface area contributed by atoms with Crippen LogP contribution >= 0.6 is 0 Å². The summed E-state index contributed by atoms with van der Waals surface area (Å²) in [6.07, 6.45) is 2.23. The second kappa shape index (κ2) is 5.10. The number of likely N-dealkylation sites (tertiary alicyclic amines) is 1. The Balaban J connectivity index is 2.28. The van der Waals surface area contributed by atoms with Crippen molar-refractivity contribution in [2.45, 2.75) is 38.8 Å². The minimum absolute atomic E-state index is 0.183. The van der Waals surface area contributed by atoms with Gasteiger partial charge in [0.2, 0.25) is 6.29 Å². The Morgan fingerprint density at radius 2 is 2.00 bits per heavy atom. The third kappa shape index (κ3) is 3.10. The lowest BCUT2D eigenvalue weighted by atomic mass is 10.0. The maximum Gasteiger partial charge on any atom is 0.284 e. The summed E-state index contributed by atoms with van der Waals surface area (Å²) in [5.41, 5.74) is 0. The van der Waals surface area contributed by atoms with Gasteiger partial charge in [0.15, 0.2) is 0 Å². The molecule has 1 aliphatic rings. The lowest BCUT2D eigenvalue weighted by Gasteiger charge is -2.34. The summed E-state index contributed by atoms with van der Waals surface area (Å²) in [4.78, 5) is 23.3. The summed E-state index contributed by atoms with van der Waals surface area (Å²) >= 11 is 0. The molecule has 14 heavy (non-hydrogen) atoms. The summed E-state index contributed by atoms with van der Waals surface area (Å²) in [5, 5.41) is 2.69. The Labute approximate surface area is 84.7 Å². The second-order valence-corrected chi connectivity index (χ2v) is 4.03. The normalized spacial score (nSPS) is 19.6. The zero-order valence-electron chi connectivity index (χ0n) is 8.82. The van der Waals surface area contributed by atoms with Crippen molar-refractivity contribution in [3.63, 3.8) is 0 Å². The first-order valence-electron chi connectivity index (χ1n) is 5.13. The van der Waals surface area contributed by atoms with Crippen molar-refractivity contribution >= 4 is 12.2 Å². The number of amides is 1. The highest BCUT2D eigenvalue weighted by molar-refractivity contribution is 6.23. The number of carbonyl (C=O) groups is 2. The largest absolute Gasteiger partial charge is 0.347 e. The fourth-order valence-electron chi connectivity index (χ4n) is 1.80. The molecule has 1 rings (SSSR count). The molecule has 0 atom stereocenters. The van der Waals surface area contributed by atoms with E-state index in [1.807, 2.05) is 0 Å². The molecule has 1 aliphatic heterocycles. The van der Waals surface area contributed by atoms with Gasteiger partial charge in [0.25, 0.3) is 5.91 Å². The molecule has 0 spiro atoms. The molecule has 1 saturated heterocycles. The van der Waals surface area contributed by atoms with Gasteiger partial charge in [-0.3, -0.25) is 9.59 Å². The summed E-state index contributed by atoms with van der Waals surface area (Å²) in [6.45, 7) is 6.34. The Morgan fingerprint density at radius 3 is 2.43 bits per heavy atom. The van der Waals surface area contributed by atoms with Crippen molar-refractivity contribution in [2.75, 3.05) is 13.1 Å². The number of aldehydes is 1. The van der Waals surface area contributed by atoms with Crippen LogP contribution in [0.1, 0.15) is 26.7 Å². The molecule has 1 amide bonds. The second-order valence-electron chi connectivity index (χ2n) is 4.03. The van der Waals surface area contributed by atoms with Crippen molar-refractivity contribution in [3.05, 3.63) is 0 Å². The van der Waals surface area contributed by atoms with Gasteiger partial charge in [-0.2, -0.15) is 0 Å². The molecule has 0 saturated carbocycles. The quantitative estimate of drug-likeness (QED) is 0.519. The van der Waals surface area contributed by atoms with E-state index in [-0.39, 0.29) is 6.04 Å². The standard InChI is InChI=1S/C10H18N2O2/c1-8(2)12-5-3-9(4-6-12)11-10(14)7-13/h7-9H,3-6H2,1-2H3,(H,11,14). The predicted octanol–water partition coefficient (Wildman–Crippen LogP) is 0.174. The minimum Gasteiger partial charge on any atom is -0.347 e. The zero-order chi connectivity index (χ0) is 10.6. The molecule has 0 radical (unpaired) electrons. The number of hydrogen-bond donors (Lipinski definition) is 1. The molecule has 0 unspecified atom stereocenters. The van der Waals surface area contributed by atoms with E-state index in [2.05, 4.69) is 24.1 Å². The average molecular weight is 198 g/mol. The summed E-state index contributed by atoms with van der Waals surface area (Å²) in [7, 11) is 0. The predicted molar refractivity (Wildman–Crippen MR) is 53.9 cm³/mol. The first-order valence-corrected chi connectivity index (χ1v) is 5.13. The number of rotatable bonds is 3. The first kappa shape index (κ1) is 11.2. The van der Waals surface area contributed by atoms with Crippen LogP contribution in [0.25, 0.3) is 0 Å². The van der Waals surface area contributed by atoms with Gasteiger partial charge in [-0.1, -0.05) is 0 Å². The Bertz CT molecular complexity index is 208. The SMILES string of the molecule is CC(C)N1CCC(NC(=O)C=O)CC1. The Morgan fingerprint density at radius 1 is 1.43 bits per heavy atom. The Kier molecular flexibility index (Phi) is 4.07. The van der Waals surface area contributed by atoms with Gasteiger partial charge in [0.1, 0.15) is 0 Å². The van der Waals surface area contributed by atoms with Gasteiger partial charge in [0, 0.05) is 25.2 Å². The smallest absolute Gasteiger partial charge is 0.284 e. The highest BCUT2D eigenvalue weighted by Crippen LogP contribution is 2.12. The molecule has 4 heteroatoms. The Hall–Kier alpha value is -0.900. The zero-order valence-corrected chi connectivity index (χ0v) is 8.82. The fourth-order valence-corrected chi connectivity index (χ4v) is 1.80. The van der Waals surface area contributed by atoms with E-state index < -0.39 is 5.91 Å². The summed E-state index contributed by atoms with van der Waals surface area (Å²) in [6, 6.07) is 0.750. The minimum atomic E-state index is -0.493. The highest BCUT2D eigenvalue weighted by atomic mass is 16.2. The third-order valence-corrected chi connectivity index (χ3v) is 2.71. The number of nitrogens with one attached hydrogen (secondary N) is 1. The summed E-state index contributed by atoms with van der Waals surface area (Å²) in [5.74, 6) is -0.493. The van der Waals surface area contributed by atoms with Crippen molar-refractivity contribution in [3.8, 4) is 0 Å². The molecule has 0 aromatic carbocycles. The monoisotopic (exact) mass is 198 g/mol. The maximum atomic E-state index is 10.8. The van der Waals surface area contributed by atoms with Gasteiger partial charge in [-0.15, -0.1) is 0 Å². The van der Waals surface area contributed by atoms with Crippen LogP contribution in [0.4, 0.5) is 0 Å². The summed E-state index contributed by atoms with van der Waals surface area (Å²) < 4.78 is 0. The van der Waals surface area contributed by atoms with Crippen LogP contribution in [0.5, 0.6) is 0 Å². The molecule has 0 aliphatic carbocycles. The van der Waals surface area contributed by atoms with Crippen LogP contribution in [-0.4, -0.2) is 42.3 Å². The van der Waals surface area contributed by atoms with Gasteiger partial charge in [0.05, 0.1) is 0 Å². The molecule has 0 bridgehead atoms. The highest BCUT2D eigenvalue weighted by Gasteiger charge is 2.21. The van der Waals surface area contributed by atoms with E-state index in [9.17, 15) is 9.59 Å². The van der Waals surface area contributed by atoms with Crippen LogP contribution in [0, 0.1) is 0 Å². The van der Waals surface area contributed by atoms with E-state index >= 15 is 0 Å². The van der Waals surface area contributed by atoms with Crippen molar-refractivity contribution in [2.24, 2.45) is 0 Å². The molecule has 1 N–H and O–H groups in total. The van der Waals surface area contributed by atoms with E-state index in [0.717, 1.165) is 25.9 Å². The number of carbonyl (C=O) groups excluding carboxylic acids is 2. The van der Waals surface area contributed by atoms with E-state index in [1.54, 1.807) is 0 Å². The number of piperidine rings is 1. The molecule has 1 heterocycles. The van der Waals surface area contributed by atoms with Crippen molar-refractivity contribution < 1.29 is 9.59 Å². The number of nitrogens with zero attached hydrogens (tertiary/aromatic N) is 1. The maximum absolute atomic E-state index is 10.8. The van der Waals surface area contributed by atoms with Gasteiger partial charge < -0.3 is 10.2 Å². The molecule has 0 aromatic heterocycles. The van der Waals surface area contributed by atoms with Crippen LogP contribution in [0.2, 0.25) is 0 Å². The van der Waals surface area contributed by atoms with Gasteiger partial charge >= 0.3 is 0 Å². The van der Waals surface area contributed by atoms with E-state index in [0.29, 0.717) is 12.3 Å². The van der Waals surface area contributed by atoms with Crippen LogP contribution in [-0.2, 0) is 9.59 Å². The van der Waals surface area contributed by atoms with Crippen LogP contribution in [0.3, 0.4) is 0 Å². The van der Waals surface area contributed by atoms with Crippen molar-refractivity contribution in [1.29, 1.82) is 0 Å². The average Bonchev–Trinajstić information content (AvgIpc) is 2.18. The molecule has 0 aromatic rings. The molecular weight excluding hydrogens is 180 g/mol. The van der Waals surface area contributed by atoms with Crippen molar-refractivity contribution in [1.82, 2.24) is 10.2 Å². The molecule has 80 valence electrons. The molecular formula is C10H18N2O2. The lowest BCUT2D eigenvalue weighted by molar-refractivity contribution is -0.132. The van der Waals surface area contributed by atoms with Crippen LogP contribution < -0.4 is 5.32 Å². The number of hydrogen-bond acceptors (Lipinski definition) is 3. The van der Waals surface area contributed by atoms with Gasteiger partial charge in [-0.05, 0) is 26.7 Å². The third-order valence-electron chi connectivity index (χ3n) is 2.71. The van der Waals surface area contributed by atoms with Crippen LogP contribution in [0.15, 0.2) is 0 Å². The lowest BCUT2D eigenvalue weighted by Crippen LogP contribution is -2.46. The van der Waals surface area contributed by atoms with E-state index in [1.165, 1.54) is 0 Å². The molecule has 4 nitrogen and oxygen atoms in total.